The predicted octanol–water partition coefficient (Wildman–Crippen LogP) is 3.07. The van der Waals surface area contributed by atoms with Gasteiger partial charge in [0.2, 0.25) is 0 Å². The molecule has 0 aromatic carbocycles. The summed E-state index contributed by atoms with van der Waals surface area (Å²) in [5.74, 6) is 0.925. The Labute approximate surface area is 115 Å². The highest BCUT2D eigenvalue weighted by atomic mass is 15.2. The van der Waals surface area contributed by atoms with Gasteiger partial charge in [-0.1, -0.05) is 13.8 Å². The Hall–Kier alpha value is -1.56. The normalized spacial score (nSPS) is 21.0. The van der Waals surface area contributed by atoms with Crippen molar-refractivity contribution in [1.29, 1.82) is 5.26 Å². The van der Waals surface area contributed by atoms with E-state index in [9.17, 15) is 5.26 Å². The van der Waals surface area contributed by atoms with E-state index in [1.807, 2.05) is 0 Å². The second-order valence-corrected chi connectivity index (χ2v) is 6.62. The molecule has 0 saturated carbocycles. The lowest BCUT2D eigenvalue weighted by molar-refractivity contribution is 0.418. The standard InChI is InChI=1S/C16H21N3/c1-16(2)7-8-19(11-16)15-13(10-17)9-12-5-3-4-6-14(12)18-15/h9H,3-8,11H2,1-2H3. The molecule has 3 rings (SSSR count). The highest BCUT2D eigenvalue weighted by Gasteiger charge is 2.31. The molecule has 1 aliphatic heterocycles. The van der Waals surface area contributed by atoms with Crippen LogP contribution in [0.15, 0.2) is 6.07 Å². The van der Waals surface area contributed by atoms with E-state index in [-0.39, 0.29) is 0 Å². The van der Waals surface area contributed by atoms with Crippen molar-refractivity contribution in [2.45, 2.75) is 46.0 Å². The maximum absolute atomic E-state index is 9.39. The molecule has 0 atom stereocenters. The van der Waals surface area contributed by atoms with Crippen molar-refractivity contribution >= 4 is 5.82 Å². The molecule has 1 aromatic heterocycles. The molecule has 1 aliphatic carbocycles. The zero-order valence-electron chi connectivity index (χ0n) is 11.9. The van der Waals surface area contributed by atoms with Crippen LogP contribution in [0, 0.1) is 16.7 Å². The first-order valence-corrected chi connectivity index (χ1v) is 7.27. The highest BCUT2D eigenvalue weighted by molar-refractivity contribution is 5.57. The third kappa shape index (κ3) is 2.32. The summed E-state index contributed by atoms with van der Waals surface area (Å²) in [6.45, 7) is 6.61. The second kappa shape index (κ2) is 4.52. The minimum Gasteiger partial charge on any atom is -0.355 e. The molecular formula is C16H21N3. The van der Waals surface area contributed by atoms with E-state index in [1.165, 1.54) is 30.5 Å². The number of pyridine rings is 1. The number of anilines is 1. The molecule has 0 N–H and O–H groups in total. The Morgan fingerprint density at radius 3 is 2.79 bits per heavy atom. The van der Waals surface area contributed by atoms with Crippen molar-refractivity contribution in [1.82, 2.24) is 4.98 Å². The van der Waals surface area contributed by atoms with Gasteiger partial charge in [-0.3, -0.25) is 0 Å². The number of nitrogens with zero attached hydrogens (tertiary/aromatic N) is 3. The van der Waals surface area contributed by atoms with Crippen LogP contribution in [-0.4, -0.2) is 18.1 Å². The average Bonchev–Trinajstić information content (AvgIpc) is 2.77. The molecule has 0 radical (unpaired) electrons. The molecule has 1 fully saturated rings. The van der Waals surface area contributed by atoms with E-state index in [0.717, 1.165) is 37.3 Å². The van der Waals surface area contributed by atoms with Crippen molar-refractivity contribution in [3.05, 3.63) is 22.9 Å². The number of fused-ring (bicyclic) bond motifs is 1. The molecular weight excluding hydrogens is 234 g/mol. The molecule has 100 valence electrons. The van der Waals surface area contributed by atoms with Gasteiger partial charge in [0.25, 0.3) is 0 Å². The molecule has 3 heteroatoms. The Morgan fingerprint density at radius 1 is 1.32 bits per heavy atom. The second-order valence-electron chi connectivity index (χ2n) is 6.62. The summed E-state index contributed by atoms with van der Waals surface area (Å²) in [7, 11) is 0. The van der Waals surface area contributed by atoms with E-state index < -0.39 is 0 Å². The van der Waals surface area contributed by atoms with Crippen LogP contribution in [0.2, 0.25) is 0 Å². The fraction of sp³-hybridized carbons (Fsp3) is 0.625. The monoisotopic (exact) mass is 255 g/mol. The van der Waals surface area contributed by atoms with Crippen LogP contribution >= 0.6 is 0 Å². The lowest BCUT2D eigenvalue weighted by atomic mass is 9.93. The van der Waals surface area contributed by atoms with Gasteiger partial charge in [-0.2, -0.15) is 5.26 Å². The maximum Gasteiger partial charge on any atom is 0.146 e. The number of rotatable bonds is 1. The fourth-order valence-corrected chi connectivity index (χ4v) is 3.24. The quantitative estimate of drug-likeness (QED) is 0.774. The number of hydrogen-bond donors (Lipinski definition) is 0. The van der Waals surface area contributed by atoms with Gasteiger partial charge in [0.15, 0.2) is 0 Å². The van der Waals surface area contributed by atoms with Gasteiger partial charge < -0.3 is 4.90 Å². The SMILES string of the molecule is CC1(C)CCN(c2nc3c(cc2C#N)CCCC3)C1. The number of hydrogen-bond acceptors (Lipinski definition) is 3. The van der Waals surface area contributed by atoms with Gasteiger partial charge in [0.1, 0.15) is 11.9 Å². The molecule has 2 aliphatic rings. The first-order chi connectivity index (χ1) is 9.09. The summed E-state index contributed by atoms with van der Waals surface area (Å²) in [5, 5.41) is 9.39. The van der Waals surface area contributed by atoms with Gasteiger partial charge in [-0.25, -0.2) is 4.98 Å². The maximum atomic E-state index is 9.39. The molecule has 19 heavy (non-hydrogen) atoms. The fourth-order valence-electron chi connectivity index (χ4n) is 3.24. The molecule has 0 bridgehead atoms. The molecule has 0 spiro atoms. The largest absolute Gasteiger partial charge is 0.355 e. The highest BCUT2D eigenvalue weighted by Crippen LogP contribution is 2.34. The summed E-state index contributed by atoms with van der Waals surface area (Å²) in [6.07, 6.45) is 5.80. The molecule has 1 saturated heterocycles. The van der Waals surface area contributed by atoms with E-state index in [2.05, 4.69) is 30.9 Å². The van der Waals surface area contributed by atoms with Crippen molar-refractivity contribution in [2.24, 2.45) is 5.41 Å². The zero-order chi connectivity index (χ0) is 13.5. The van der Waals surface area contributed by atoms with Crippen LogP contribution in [0.1, 0.15) is 49.9 Å². The van der Waals surface area contributed by atoms with Crippen LogP contribution in [0.3, 0.4) is 0 Å². The van der Waals surface area contributed by atoms with E-state index in [0.29, 0.717) is 5.41 Å². The average molecular weight is 255 g/mol. The van der Waals surface area contributed by atoms with Crippen LogP contribution in [-0.2, 0) is 12.8 Å². The molecule has 1 aromatic rings. The third-order valence-electron chi connectivity index (χ3n) is 4.38. The van der Waals surface area contributed by atoms with Crippen LogP contribution in [0.5, 0.6) is 0 Å². The summed E-state index contributed by atoms with van der Waals surface area (Å²) in [6, 6.07) is 4.43. The third-order valence-corrected chi connectivity index (χ3v) is 4.38. The van der Waals surface area contributed by atoms with Crippen molar-refractivity contribution in [2.75, 3.05) is 18.0 Å². The molecule has 2 heterocycles. The van der Waals surface area contributed by atoms with E-state index in [1.54, 1.807) is 0 Å². The van der Waals surface area contributed by atoms with Gasteiger partial charge in [0, 0.05) is 18.8 Å². The van der Waals surface area contributed by atoms with E-state index >= 15 is 0 Å². The van der Waals surface area contributed by atoms with Gasteiger partial charge in [0.05, 0.1) is 5.56 Å². The molecule has 3 nitrogen and oxygen atoms in total. The smallest absolute Gasteiger partial charge is 0.146 e. The predicted molar refractivity (Wildman–Crippen MR) is 76.2 cm³/mol. The van der Waals surface area contributed by atoms with Crippen molar-refractivity contribution < 1.29 is 0 Å². The van der Waals surface area contributed by atoms with Crippen LogP contribution in [0.25, 0.3) is 0 Å². The van der Waals surface area contributed by atoms with Gasteiger partial charge in [-0.15, -0.1) is 0 Å². The zero-order valence-corrected chi connectivity index (χ0v) is 11.9. The number of aromatic nitrogens is 1. The lowest BCUT2D eigenvalue weighted by Gasteiger charge is -2.24. The van der Waals surface area contributed by atoms with Gasteiger partial charge >= 0.3 is 0 Å². The number of aryl methyl sites for hydroxylation is 2. The summed E-state index contributed by atoms with van der Waals surface area (Å²) in [5.41, 5.74) is 3.62. The van der Waals surface area contributed by atoms with Crippen LogP contribution < -0.4 is 4.90 Å². The van der Waals surface area contributed by atoms with Gasteiger partial charge in [-0.05, 0) is 49.1 Å². The Bertz CT molecular complexity index is 540. The molecule has 0 unspecified atom stereocenters. The molecule has 0 amide bonds. The minimum absolute atomic E-state index is 0.338. The summed E-state index contributed by atoms with van der Waals surface area (Å²) >= 11 is 0. The van der Waals surface area contributed by atoms with Crippen molar-refractivity contribution in [3.63, 3.8) is 0 Å². The Morgan fingerprint density at radius 2 is 2.11 bits per heavy atom. The topological polar surface area (TPSA) is 39.9 Å². The van der Waals surface area contributed by atoms with Crippen LogP contribution in [0.4, 0.5) is 5.82 Å². The minimum atomic E-state index is 0.338. The van der Waals surface area contributed by atoms with E-state index in [4.69, 9.17) is 4.98 Å². The Kier molecular flexibility index (Phi) is 2.97. The summed E-state index contributed by atoms with van der Waals surface area (Å²) < 4.78 is 0. The lowest BCUT2D eigenvalue weighted by Crippen LogP contribution is -2.25. The summed E-state index contributed by atoms with van der Waals surface area (Å²) in [4.78, 5) is 7.13. The Balaban J connectivity index is 1.99. The number of nitriles is 1. The van der Waals surface area contributed by atoms with Crippen molar-refractivity contribution in [3.8, 4) is 6.07 Å². The first-order valence-electron chi connectivity index (χ1n) is 7.27. The first kappa shape index (κ1) is 12.5.